The number of carbonyl (C=O) groups is 1. The molecule has 0 aromatic rings. The Kier molecular flexibility index (Phi) is 3.92. The van der Waals surface area contributed by atoms with Crippen LogP contribution in [0.3, 0.4) is 0 Å². The topological polar surface area (TPSA) is 20.3 Å². The van der Waals surface area contributed by atoms with Gasteiger partial charge in [0.15, 0.2) is 5.78 Å². The lowest BCUT2D eigenvalue weighted by Crippen LogP contribution is -2.10. The molecule has 2 rings (SSSR count). The Morgan fingerprint density at radius 3 is 2.44 bits per heavy atom. The van der Waals surface area contributed by atoms with E-state index in [2.05, 4.69) is 6.58 Å². The highest BCUT2D eigenvalue weighted by atomic mass is 16.1. The molecule has 0 amide bonds. The number of rotatable bonds is 3. The van der Waals surface area contributed by atoms with Crippen LogP contribution in [0.25, 0.3) is 0 Å². The largest absolute Gasteiger partial charge is 0.350 e. The van der Waals surface area contributed by atoms with Crippen LogP contribution in [0.2, 0.25) is 0 Å². The van der Waals surface area contributed by atoms with Crippen LogP contribution in [-0.4, -0.2) is 17.2 Å². The van der Waals surface area contributed by atoms with Gasteiger partial charge in [0.25, 0.3) is 0 Å². The summed E-state index contributed by atoms with van der Waals surface area (Å²) in [4.78, 5) is 13.5. The van der Waals surface area contributed by atoms with Crippen molar-refractivity contribution in [2.24, 2.45) is 0 Å². The van der Waals surface area contributed by atoms with Gasteiger partial charge in [-0.2, -0.15) is 0 Å². The summed E-state index contributed by atoms with van der Waals surface area (Å²) in [5.74, 6) is 0.0476. The van der Waals surface area contributed by atoms with Gasteiger partial charge in [-0.25, -0.2) is 0 Å². The predicted molar refractivity (Wildman–Crippen MR) is 74.6 cm³/mol. The Morgan fingerprint density at radius 1 is 1.06 bits per heavy atom. The Balaban J connectivity index is 2.06. The van der Waals surface area contributed by atoms with Crippen LogP contribution in [0.1, 0.15) is 0 Å². The molecule has 0 saturated heterocycles. The first-order valence-corrected chi connectivity index (χ1v) is 5.84. The molecule has 1 aliphatic heterocycles. The molecule has 1 heterocycles. The van der Waals surface area contributed by atoms with Crippen LogP contribution in [0.15, 0.2) is 84.8 Å². The molecular formula is C16H15NO. The van der Waals surface area contributed by atoms with Gasteiger partial charge in [0, 0.05) is 24.5 Å². The number of hydrogen-bond donors (Lipinski definition) is 0. The van der Waals surface area contributed by atoms with Crippen molar-refractivity contribution in [3.05, 3.63) is 84.8 Å². The number of allylic oxidation sites excluding steroid dienone is 10. The molecule has 0 radical (unpaired) electrons. The molecule has 0 aromatic heterocycles. The van der Waals surface area contributed by atoms with Crippen molar-refractivity contribution in [1.82, 2.24) is 4.90 Å². The second-order valence-corrected chi connectivity index (χ2v) is 3.99. The SMILES string of the molecule is C=CCN1C=CC(=CC=C2C=CC=CC2=O)C=C1. The zero-order valence-electron chi connectivity index (χ0n) is 10.1. The Hall–Kier alpha value is -2.35. The minimum Gasteiger partial charge on any atom is -0.350 e. The van der Waals surface area contributed by atoms with Gasteiger partial charge in [0.1, 0.15) is 0 Å². The zero-order chi connectivity index (χ0) is 12.8. The third-order valence-electron chi connectivity index (χ3n) is 2.63. The molecule has 18 heavy (non-hydrogen) atoms. The monoisotopic (exact) mass is 237 g/mol. The van der Waals surface area contributed by atoms with Crippen molar-refractivity contribution in [2.45, 2.75) is 0 Å². The van der Waals surface area contributed by atoms with Gasteiger partial charge in [-0.1, -0.05) is 36.5 Å². The fourth-order valence-electron chi connectivity index (χ4n) is 1.65. The van der Waals surface area contributed by atoms with Crippen LogP contribution in [0.4, 0.5) is 0 Å². The number of hydrogen-bond acceptors (Lipinski definition) is 2. The highest BCUT2D eigenvalue weighted by Gasteiger charge is 2.04. The third kappa shape index (κ3) is 3.08. The fraction of sp³-hybridized carbons (Fsp3) is 0.0625. The van der Waals surface area contributed by atoms with Gasteiger partial charge < -0.3 is 4.90 Å². The maximum absolute atomic E-state index is 11.5. The number of ketones is 1. The molecule has 0 N–H and O–H groups in total. The van der Waals surface area contributed by atoms with E-state index in [0.29, 0.717) is 5.57 Å². The van der Waals surface area contributed by atoms with Gasteiger partial charge in [-0.05, 0) is 23.8 Å². The van der Waals surface area contributed by atoms with E-state index in [1.165, 1.54) is 0 Å². The van der Waals surface area contributed by atoms with Gasteiger partial charge >= 0.3 is 0 Å². The highest BCUT2D eigenvalue weighted by Crippen LogP contribution is 2.12. The molecule has 0 saturated carbocycles. The van der Waals surface area contributed by atoms with E-state index in [1.54, 1.807) is 12.2 Å². The van der Waals surface area contributed by atoms with Crippen LogP contribution in [-0.2, 0) is 4.79 Å². The summed E-state index contributed by atoms with van der Waals surface area (Å²) in [5.41, 5.74) is 1.78. The summed E-state index contributed by atoms with van der Waals surface area (Å²) in [6.07, 6.45) is 20.6. The molecule has 0 unspecified atom stereocenters. The van der Waals surface area contributed by atoms with E-state index in [-0.39, 0.29) is 5.78 Å². The van der Waals surface area contributed by atoms with Crippen molar-refractivity contribution in [3.8, 4) is 0 Å². The third-order valence-corrected chi connectivity index (χ3v) is 2.63. The summed E-state index contributed by atoms with van der Waals surface area (Å²) < 4.78 is 0. The predicted octanol–water partition coefficient (Wildman–Crippen LogP) is 3.06. The average molecular weight is 237 g/mol. The van der Waals surface area contributed by atoms with Gasteiger partial charge in [0.05, 0.1) is 0 Å². The summed E-state index contributed by atoms with van der Waals surface area (Å²) in [7, 11) is 0. The Labute approximate surface area is 107 Å². The molecule has 2 nitrogen and oxygen atoms in total. The Bertz CT molecular complexity index is 511. The average Bonchev–Trinajstić information content (AvgIpc) is 2.40. The second-order valence-electron chi connectivity index (χ2n) is 3.99. The lowest BCUT2D eigenvalue weighted by atomic mass is 10.0. The van der Waals surface area contributed by atoms with Crippen LogP contribution < -0.4 is 0 Å². The first-order valence-electron chi connectivity index (χ1n) is 5.84. The van der Waals surface area contributed by atoms with Crippen molar-refractivity contribution < 1.29 is 4.79 Å². The van der Waals surface area contributed by atoms with Crippen LogP contribution >= 0.6 is 0 Å². The molecule has 2 heteroatoms. The first-order chi connectivity index (χ1) is 8.79. The molecular weight excluding hydrogens is 222 g/mol. The van der Waals surface area contributed by atoms with Crippen molar-refractivity contribution in [2.75, 3.05) is 6.54 Å². The molecule has 90 valence electrons. The highest BCUT2D eigenvalue weighted by molar-refractivity contribution is 6.07. The normalized spacial score (nSPS) is 19.8. The maximum Gasteiger partial charge on any atom is 0.185 e. The zero-order valence-corrected chi connectivity index (χ0v) is 10.1. The molecule has 2 aliphatic rings. The summed E-state index contributed by atoms with van der Waals surface area (Å²) >= 11 is 0. The Morgan fingerprint density at radius 2 is 1.78 bits per heavy atom. The molecule has 0 spiro atoms. The minimum atomic E-state index is 0.0476. The van der Waals surface area contributed by atoms with Crippen LogP contribution in [0, 0.1) is 0 Å². The standard InChI is InChI=1S/C16H15NO/c1-2-11-17-12-9-14(10-13-17)7-8-15-5-3-4-6-16(15)18/h2-10,12-13H,1,11H2. The maximum atomic E-state index is 11.5. The molecule has 0 aromatic carbocycles. The van der Waals surface area contributed by atoms with Crippen molar-refractivity contribution >= 4 is 5.78 Å². The fourth-order valence-corrected chi connectivity index (χ4v) is 1.65. The number of nitrogens with zero attached hydrogens (tertiary/aromatic N) is 1. The molecule has 1 aliphatic carbocycles. The van der Waals surface area contributed by atoms with Gasteiger partial charge in [-0.15, -0.1) is 6.58 Å². The minimum absolute atomic E-state index is 0.0476. The second kappa shape index (κ2) is 5.82. The van der Waals surface area contributed by atoms with Crippen molar-refractivity contribution in [1.29, 1.82) is 0 Å². The lowest BCUT2D eigenvalue weighted by Gasteiger charge is -2.16. The van der Waals surface area contributed by atoms with E-state index in [9.17, 15) is 4.79 Å². The van der Waals surface area contributed by atoms with E-state index in [4.69, 9.17) is 0 Å². The van der Waals surface area contributed by atoms with Gasteiger partial charge in [-0.3, -0.25) is 4.79 Å². The summed E-state index contributed by atoms with van der Waals surface area (Å²) in [6, 6.07) is 0. The first kappa shape index (κ1) is 12.1. The lowest BCUT2D eigenvalue weighted by molar-refractivity contribution is -0.111. The van der Waals surface area contributed by atoms with Gasteiger partial charge in [0.2, 0.25) is 0 Å². The molecule has 0 bridgehead atoms. The molecule has 0 atom stereocenters. The van der Waals surface area contributed by atoms with E-state index in [1.807, 2.05) is 59.8 Å². The van der Waals surface area contributed by atoms with Crippen molar-refractivity contribution in [3.63, 3.8) is 0 Å². The molecule has 0 fully saturated rings. The number of carbonyl (C=O) groups excluding carboxylic acids is 1. The van der Waals surface area contributed by atoms with E-state index >= 15 is 0 Å². The van der Waals surface area contributed by atoms with E-state index in [0.717, 1.165) is 12.1 Å². The van der Waals surface area contributed by atoms with Crippen LogP contribution in [0.5, 0.6) is 0 Å². The quantitative estimate of drug-likeness (QED) is 0.555. The van der Waals surface area contributed by atoms with E-state index < -0.39 is 0 Å². The smallest absolute Gasteiger partial charge is 0.185 e. The summed E-state index contributed by atoms with van der Waals surface area (Å²) in [6.45, 7) is 4.49. The summed E-state index contributed by atoms with van der Waals surface area (Å²) in [5, 5.41) is 0.